The Morgan fingerprint density at radius 1 is 1.26 bits per heavy atom. The van der Waals surface area contributed by atoms with Crippen molar-refractivity contribution in [1.29, 1.82) is 0 Å². The fourth-order valence-corrected chi connectivity index (χ4v) is 3.64. The van der Waals surface area contributed by atoms with Gasteiger partial charge < -0.3 is 15.3 Å². The Hall–Kier alpha value is -1.88. The van der Waals surface area contributed by atoms with Crippen molar-refractivity contribution in [3.05, 3.63) is 29.8 Å². The highest BCUT2D eigenvalue weighted by molar-refractivity contribution is 6.40. The van der Waals surface area contributed by atoms with Crippen molar-refractivity contribution in [2.45, 2.75) is 44.6 Å². The van der Waals surface area contributed by atoms with Crippen molar-refractivity contribution in [3.63, 3.8) is 0 Å². The minimum Gasteiger partial charge on any atom is -0.393 e. The highest BCUT2D eigenvalue weighted by Gasteiger charge is 2.31. The maximum Gasteiger partial charge on any atom is 0.316 e. The maximum atomic E-state index is 12.5. The third-order valence-corrected chi connectivity index (χ3v) is 5.13. The number of para-hydroxylation sites is 1. The molecule has 3 unspecified atom stereocenters. The van der Waals surface area contributed by atoms with E-state index in [1.54, 1.807) is 4.90 Å². The van der Waals surface area contributed by atoms with E-state index in [0.29, 0.717) is 19.0 Å². The predicted molar refractivity (Wildman–Crippen MR) is 88.2 cm³/mol. The number of nitrogens with zero attached hydrogens (tertiary/aromatic N) is 1. The number of benzene rings is 1. The van der Waals surface area contributed by atoms with Gasteiger partial charge in [0.15, 0.2) is 0 Å². The van der Waals surface area contributed by atoms with E-state index in [2.05, 4.69) is 12.2 Å². The average molecular weight is 316 g/mol. The SMILES string of the molecule is CC1CCN(C(=O)C(=O)NCC2CCCC2O)c2ccccc21. The molecule has 1 aromatic rings. The molecular formula is C18H24N2O3. The van der Waals surface area contributed by atoms with Gasteiger partial charge in [0.05, 0.1) is 6.10 Å². The fraction of sp³-hybridized carbons (Fsp3) is 0.556. The molecule has 3 atom stereocenters. The quantitative estimate of drug-likeness (QED) is 0.818. The maximum absolute atomic E-state index is 12.5. The van der Waals surface area contributed by atoms with E-state index in [9.17, 15) is 14.7 Å². The highest BCUT2D eigenvalue weighted by atomic mass is 16.3. The molecule has 1 heterocycles. The van der Waals surface area contributed by atoms with Gasteiger partial charge >= 0.3 is 11.8 Å². The lowest BCUT2D eigenvalue weighted by Gasteiger charge is -2.32. The second-order valence-electron chi connectivity index (χ2n) is 6.67. The zero-order chi connectivity index (χ0) is 16.4. The van der Waals surface area contributed by atoms with Crippen LogP contribution in [0.25, 0.3) is 0 Å². The Balaban J connectivity index is 1.66. The molecule has 5 heteroatoms. The second kappa shape index (κ2) is 6.71. The van der Waals surface area contributed by atoms with Gasteiger partial charge in [-0.3, -0.25) is 9.59 Å². The third-order valence-electron chi connectivity index (χ3n) is 5.13. The first-order chi connectivity index (χ1) is 11.1. The van der Waals surface area contributed by atoms with E-state index < -0.39 is 11.8 Å². The minimum absolute atomic E-state index is 0.0698. The van der Waals surface area contributed by atoms with E-state index in [1.165, 1.54) is 0 Å². The standard InChI is InChI=1S/C18H24N2O3/c1-12-9-10-20(15-7-3-2-6-14(12)15)18(23)17(22)19-11-13-5-4-8-16(13)21/h2-3,6-7,12-13,16,21H,4-5,8-11H2,1H3,(H,19,22). The smallest absolute Gasteiger partial charge is 0.316 e. The van der Waals surface area contributed by atoms with Crippen LogP contribution in [0.3, 0.4) is 0 Å². The molecule has 5 nitrogen and oxygen atoms in total. The van der Waals surface area contributed by atoms with Gasteiger partial charge in [-0.1, -0.05) is 31.5 Å². The van der Waals surface area contributed by atoms with Crippen LogP contribution < -0.4 is 10.2 Å². The second-order valence-corrected chi connectivity index (χ2v) is 6.67. The molecule has 124 valence electrons. The molecule has 1 saturated carbocycles. The number of hydrogen-bond acceptors (Lipinski definition) is 3. The van der Waals surface area contributed by atoms with E-state index in [-0.39, 0.29) is 12.0 Å². The van der Waals surface area contributed by atoms with E-state index in [4.69, 9.17) is 0 Å². The lowest BCUT2D eigenvalue weighted by Crippen LogP contribution is -2.47. The van der Waals surface area contributed by atoms with E-state index >= 15 is 0 Å². The van der Waals surface area contributed by atoms with Crippen molar-refractivity contribution < 1.29 is 14.7 Å². The molecule has 1 fully saturated rings. The van der Waals surface area contributed by atoms with Crippen LogP contribution >= 0.6 is 0 Å². The fourth-order valence-electron chi connectivity index (χ4n) is 3.64. The molecule has 0 aromatic heterocycles. The van der Waals surface area contributed by atoms with Gasteiger partial charge in [-0.25, -0.2) is 0 Å². The van der Waals surface area contributed by atoms with E-state index in [0.717, 1.165) is 36.9 Å². The van der Waals surface area contributed by atoms with E-state index in [1.807, 2.05) is 24.3 Å². The van der Waals surface area contributed by atoms with Gasteiger partial charge in [0.2, 0.25) is 0 Å². The minimum atomic E-state index is -0.576. The van der Waals surface area contributed by atoms with Crippen LogP contribution in [0.4, 0.5) is 5.69 Å². The Labute approximate surface area is 136 Å². The largest absolute Gasteiger partial charge is 0.393 e. The first-order valence-corrected chi connectivity index (χ1v) is 8.44. The Bertz CT molecular complexity index is 602. The van der Waals surface area contributed by atoms with Gasteiger partial charge in [0.25, 0.3) is 0 Å². The molecule has 0 radical (unpaired) electrons. The summed E-state index contributed by atoms with van der Waals surface area (Å²) in [4.78, 5) is 26.3. The number of aliphatic hydroxyl groups is 1. The zero-order valence-corrected chi connectivity index (χ0v) is 13.5. The van der Waals surface area contributed by atoms with Crippen LogP contribution in [-0.2, 0) is 9.59 Å². The van der Waals surface area contributed by atoms with Gasteiger partial charge in [0.1, 0.15) is 0 Å². The van der Waals surface area contributed by atoms with Crippen LogP contribution in [0.15, 0.2) is 24.3 Å². The first kappa shape index (κ1) is 16.0. The number of fused-ring (bicyclic) bond motifs is 1. The molecule has 0 bridgehead atoms. The van der Waals surface area contributed by atoms with Crippen LogP contribution in [0.5, 0.6) is 0 Å². The molecule has 23 heavy (non-hydrogen) atoms. The molecule has 0 spiro atoms. The monoisotopic (exact) mass is 316 g/mol. The predicted octanol–water partition coefficient (Wildman–Crippen LogP) is 1.80. The van der Waals surface area contributed by atoms with Crippen molar-refractivity contribution in [2.75, 3.05) is 18.0 Å². The Morgan fingerprint density at radius 3 is 2.78 bits per heavy atom. The number of hydrogen-bond donors (Lipinski definition) is 2. The average Bonchev–Trinajstić information content (AvgIpc) is 2.98. The summed E-state index contributed by atoms with van der Waals surface area (Å²) in [6.07, 6.45) is 3.16. The number of anilines is 1. The summed E-state index contributed by atoms with van der Waals surface area (Å²) in [7, 11) is 0. The van der Waals surface area contributed by atoms with Crippen molar-refractivity contribution in [3.8, 4) is 0 Å². The molecule has 1 aliphatic carbocycles. The van der Waals surface area contributed by atoms with Crippen molar-refractivity contribution >= 4 is 17.5 Å². The topological polar surface area (TPSA) is 69.6 Å². The van der Waals surface area contributed by atoms with Gasteiger partial charge in [-0.15, -0.1) is 0 Å². The number of carbonyl (C=O) groups excluding carboxylic acids is 2. The summed E-state index contributed by atoms with van der Waals surface area (Å²) in [5.41, 5.74) is 1.96. The highest BCUT2D eigenvalue weighted by Crippen LogP contribution is 2.34. The third kappa shape index (κ3) is 3.24. The Morgan fingerprint density at radius 2 is 2.04 bits per heavy atom. The van der Waals surface area contributed by atoms with Crippen molar-refractivity contribution in [2.24, 2.45) is 5.92 Å². The van der Waals surface area contributed by atoms with Crippen LogP contribution in [0.1, 0.15) is 44.1 Å². The molecule has 2 N–H and O–H groups in total. The molecule has 2 aliphatic rings. The summed E-state index contributed by atoms with van der Waals surface area (Å²) in [5, 5.41) is 12.5. The summed E-state index contributed by atoms with van der Waals surface area (Å²) < 4.78 is 0. The van der Waals surface area contributed by atoms with Crippen LogP contribution in [0.2, 0.25) is 0 Å². The van der Waals surface area contributed by atoms with Gasteiger partial charge in [0, 0.05) is 24.7 Å². The lowest BCUT2D eigenvalue weighted by atomic mass is 9.91. The molecule has 3 rings (SSSR count). The number of aliphatic hydroxyl groups excluding tert-OH is 1. The molecule has 1 aromatic carbocycles. The number of amides is 2. The molecule has 2 amide bonds. The zero-order valence-electron chi connectivity index (χ0n) is 13.5. The van der Waals surface area contributed by atoms with Crippen molar-refractivity contribution in [1.82, 2.24) is 5.32 Å². The molecular weight excluding hydrogens is 292 g/mol. The van der Waals surface area contributed by atoms with Gasteiger partial charge in [-0.05, 0) is 36.8 Å². The number of nitrogens with one attached hydrogen (secondary N) is 1. The summed E-state index contributed by atoms with van der Waals surface area (Å²) in [5.74, 6) is -0.613. The lowest BCUT2D eigenvalue weighted by molar-refractivity contribution is -0.137. The number of rotatable bonds is 2. The molecule has 1 aliphatic heterocycles. The normalized spacial score (nSPS) is 26.7. The van der Waals surface area contributed by atoms with Crippen LogP contribution in [-0.4, -0.2) is 36.1 Å². The first-order valence-electron chi connectivity index (χ1n) is 8.44. The van der Waals surface area contributed by atoms with Gasteiger partial charge in [-0.2, -0.15) is 0 Å². The van der Waals surface area contributed by atoms with Crippen LogP contribution in [0, 0.1) is 5.92 Å². The Kier molecular flexibility index (Phi) is 4.66. The summed E-state index contributed by atoms with van der Waals surface area (Å²) in [6, 6.07) is 7.78. The summed E-state index contributed by atoms with van der Waals surface area (Å²) in [6.45, 7) is 3.08. The number of carbonyl (C=O) groups is 2. The molecule has 0 saturated heterocycles. The summed E-state index contributed by atoms with van der Waals surface area (Å²) >= 11 is 0.